The zero-order valence-electron chi connectivity index (χ0n) is 15.7. The van der Waals surface area contributed by atoms with Crippen LogP contribution in [0.1, 0.15) is 22.4 Å². The molecule has 0 unspecified atom stereocenters. The number of ether oxygens (including phenoxy) is 2. The molecule has 0 aliphatic rings. The van der Waals surface area contributed by atoms with Crippen LogP contribution in [0.2, 0.25) is 0 Å². The lowest BCUT2D eigenvalue weighted by molar-refractivity contribution is -0.128. The maximum atomic E-state index is 13.6. The van der Waals surface area contributed by atoms with Crippen LogP contribution < -0.4 is 20.3 Å². The van der Waals surface area contributed by atoms with E-state index < -0.39 is 23.7 Å². The van der Waals surface area contributed by atoms with Crippen molar-refractivity contribution in [2.45, 2.75) is 19.6 Å². The number of nitrogens with one attached hydrogen (secondary N) is 2. The number of rotatable bonds is 7. The second-order valence-electron chi connectivity index (χ2n) is 6.00. The van der Waals surface area contributed by atoms with Gasteiger partial charge in [0.1, 0.15) is 28.9 Å². The van der Waals surface area contributed by atoms with Crippen LogP contribution in [-0.2, 0) is 11.4 Å². The Balaban J connectivity index is 1.47. The Hall–Kier alpha value is -3.53. The summed E-state index contributed by atoms with van der Waals surface area (Å²) in [5.41, 5.74) is 4.51. The zero-order valence-corrected chi connectivity index (χ0v) is 16.5. The molecule has 0 saturated heterocycles. The first kappa shape index (κ1) is 21.2. The minimum atomic E-state index is -1.04. The molecule has 156 valence electrons. The highest BCUT2D eigenvalue weighted by molar-refractivity contribution is 7.09. The molecule has 1 atom stereocenters. The van der Waals surface area contributed by atoms with E-state index >= 15 is 0 Å². The Kier molecular flexibility index (Phi) is 6.91. The maximum absolute atomic E-state index is 13.6. The first-order valence-corrected chi connectivity index (χ1v) is 9.64. The summed E-state index contributed by atoms with van der Waals surface area (Å²) in [6, 6.07) is 11.2. The van der Waals surface area contributed by atoms with Crippen LogP contribution >= 0.6 is 11.3 Å². The van der Waals surface area contributed by atoms with E-state index in [0.29, 0.717) is 10.8 Å². The van der Waals surface area contributed by atoms with Gasteiger partial charge in [0.15, 0.2) is 17.7 Å². The Morgan fingerprint density at radius 3 is 2.57 bits per heavy atom. The van der Waals surface area contributed by atoms with E-state index in [2.05, 4.69) is 15.8 Å². The van der Waals surface area contributed by atoms with Crippen molar-refractivity contribution in [1.29, 1.82) is 0 Å². The van der Waals surface area contributed by atoms with Crippen molar-refractivity contribution in [2.24, 2.45) is 0 Å². The molecule has 2 aromatic carbocycles. The van der Waals surface area contributed by atoms with Crippen molar-refractivity contribution in [3.05, 3.63) is 76.2 Å². The molecule has 3 aromatic rings. The maximum Gasteiger partial charge on any atom is 0.289 e. The van der Waals surface area contributed by atoms with Crippen molar-refractivity contribution >= 4 is 23.2 Å². The Morgan fingerprint density at radius 1 is 1.10 bits per heavy atom. The molecule has 0 fully saturated rings. The summed E-state index contributed by atoms with van der Waals surface area (Å²) in [6.07, 6.45) is -1.04. The van der Waals surface area contributed by atoms with E-state index in [9.17, 15) is 18.4 Å². The molecule has 0 bridgehead atoms. The summed E-state index contributed by atoms with van der Waals surface area (Å²) in [6.45, 7) is 1.52. The van der Waals surface area contributed by atoms with Gasteiger partial charge in [-0.15, -0.1) is 11.3 Å². The fraction of sp³-hybridized carbons (Fsp3) is 0.150. The molecule has 1 heterocycles. The van der Waals surface area contributed by atoms with Gasteiger partial charge in [-0.05, 0) is 43.3 Å². The number of hydrogen-bond acceptors (Lipinski definition) is 6. The lowest BCUT2D eigenvalue weighted by Crippen LogP contribution is -2.47. The van der Waals surface area contributed by atoms with E-state index in [-0.39, 0.29) is 23.9 Å². The number of para-hydroxylation sites is 1. The number of thiazole rings is 1. The first-order chi connectivity index (χ1) is 14.4. The van der Waals surface area contributed by atoms with Crippen molar-refractivity contribution < 1.29 is 27.8 Å². The van der Waals surface area contributed by atoms with E-state index in [1.807, 2.05) is 0 Å². The third-order valence-corrected chi connectivity index (χ3v) is 4.59. The average Bonchev–Trinajstić information content (AvgIpc) is 3.22. The molecular weight excluding hydrogens is 416 g/mol. The van der Waals surface area contributed by atoms with Crippen LogP contribution in [0.3, 0.4) is 0 Å². The molecule has 1 aromatic heterocycles. The number of benzene rings is 2. The van der Waals surface area contributed by atoms with Gasteiger partial charge in [0.05, 0.1) is 0 Å². The number of aromatic nitrogens is 1. The van der Waals surface area contributed by atoms with Crippen molar-refractivity contribution in [3.63, 3.8) is 0 Å². The molecule has 2 amide bonds. The molecule has 0 spiro atoms. The van der Waals surface area contributed by atoms with Gasteiger partial charge in [0.2, 0.25) is 0 Å². The van der Waals surface area contributed by atoms with E-state index in [4.69, 9.17) is 9.47 Å². The second-order valence-corrected chi connectivity index (χ2v) is 6.95. The molecule has 30 heavy (non-hydrogen) atoms. The lowest BCUT2D eigenvalue weighted by atomic mass is 10.3. The van der Waals surface area contributed by atoms with Gasteiger partial charge in [-0.25, -0.2) is 13.8 Å². The first-order valence-electron chi connectivity index (χ1n) is 8.76. The molecule has 3 rings (SSSR count). The molecule has 0 aliphatic heterocycles. The molecule has 0 radical (unpaired) electrons. The SMILES string of the molecule is C[C@@H](Oc1ccccc1F)C(=O)NNC(=O)c1csc(COc2ccc(F)cc2)n1. The highest BCUT2D eigenvalue weighted by Crippen LogP contribution is 2.17. The summed E-state index contributed by atoms with van der Waals surface area (Å²) in [5, 5.41) is 2.02. The average molecular weight is 433 g/mol. The summed E-state index contributed by atoms with van der Waals surface area (Å²) < 4.78 is 37.2. The molecule has 7 nitrogen and oxygen atoms in total. The number of halogens is 2. The van der Waals surface area contributed by atoms with Gasteiger partial charge in [0, 0.05) is 5.38 Å². The van der Waals surface area contributed by atoms with Crippen LogP contribution in [-0.4, -0.2) is 22.9 Å². The fourth-order valence-corrected chi connectivity index (χ4v) is 2.91. The standard InChI is InChI=1S/C20H17F2N3O4S/c1-12(29-17-5-3-2-4-15(17)22)19(26)24-25-20(27)16-11-30-18(23-16)10-28-14-8-6-13(21)7-9-14/h2-9,11-12H,10H2,1H3,(H,24,26)(H,25,27)/t12-/m1/s1. The highest BCUT2D eigenvalue weighted by atomic mass is 32.1. The second kappa shape index (κ2) is 9.79. The number of nitrogens with zero attached hydrogens (tertiary/aromatic N) is 1. The van der Waals surface area contributed by atoms with Crippen LogP contribution in [0.15, 0.2) is 53.9 Å². The number of amides is 2. The van der Waals surface area contributed by atoms with Crippen molar-refractivity contribution in [1.82, 2.24) is 15.8 Å². The smallest absolute Gasteiger partial charge is 0.289 e. The monoisotopic (exact) mass is 433 g/mol. The van der Waals surface area contributed by atoms with Crippen LogP contribution in [0.4, 0.5) is 8.78 Å². The Labute approximate surface area is 174 Å². The highest BCUT2D eigenvalue weighted by Gasteiger charge is 2.18. The Morgan fingerprint density at radius 2 is 1.83 bits per heavy atom. The fourth-order valence-electron chi connectivity index (χ4n) is 2.23. The summed E-state index contributed by atoms with van der Waals surface area (Å²) in [7, 11) is 0. The topological polar surface area (TPSA) is 89.6 Å². The van der Waals surface area contributed by atoms with Crippen LogP contribution in [0.5, 0.6) is 11.5 Å². The molecule has 0 saturated carbocycles. The molecular formula is C20H17F2N3O4S. The van der Waals surface area contributed by atoms with Crippen LogP contribution in [0.25, 0.3) is 0 Å². The molecule has 0 aliphatic carbocycles. The third-order valence-electron chi connectivity index (χ3n) is 3.77. The van der Waals surface area contributed by atoms with Gasteiger partial charge in [-0.1, -0.05) is 12.1 Å². The van der Waals surface area contributed by atoms with E-state index in [1.165, 1.54) is 66.1 Å². The summed E-state index contributed by atoms with van der Waals surface area (Å²) >= 11 is 1.19. The van der Waals surface area contributed by atoms with Gasteiger partial charge < -0.3 is 9.47 Å². The van der Waals surface area contributed by atoms with Crippen molar-refractivity contribution in [2.75, 3.05) is 0 Å². The van der Waals surface area contributed by atoms with Gasteiger partial charge >= 0.3 is 0 Å². The Bertz CT molecular complexity index is 1030. The summed E-state index contributed by atoms with van der Waals surface area (Å²) in [5.74, 6) is -1.87. The lowest BCUT2D eigenvalue weighted by Gasteiger charge is -2.15. The third kappa shape index (κ3) is 5.74. The summed E-state index contributed by atoms with van der Waals surface area (Å²) in [4.78, 5) is 28.3. The zero-order chi connectivity index (χ0) is 21.5. The molecule has 2 N–H and O–H groups in total. The largest absolute Gasteiger partial charge is 0.486 e. The predicted octanol–water partition coefficient (Wildman–Crippen LogP) is 3.23. The van der Waals surface area contributed by atoms with Gasteiger partial charge in [-0.3, -0.25) is 20.4 Å². The normalized spacial score (nSPS) is 11.4. The number of carbonyl (C=O) groups excluding carboxylic acids is 2. The minimum absolute atomic E-state index is 0.0724. The van der Waals surface area contributed by atoms with Crippen molar-refractivity contribution in [3.8, 4) is 11.5 Å². The molecule has 10 heteroatoms. The van der Waals surface area contributed by atoms with Gasteiger partial charge in [-0.2, -0.15) is 0 Å². The minimum Gasteiger partial charge on any atom is -0.486 e. The quantitative estimate of drug-likeness (QED) is 0.559. The van der Waals surface area contributed by atoms with Gasteiger partial charge in [0.25, 0.3) is 11.8 Å². The number of carbonyl (C=O) groups is 2. The number of hydrogen-bond donors (Lipinski definition) is 2. The van der Waals surface area contributed by atoms with E-state index in [0.717, 1.165) is 0 Å². The van der Waals surface area contributed by atoms with E-state index in [1.54, 1.807) is 6.07 Å². The number of hydrazine groups is 1. The predicted molar refractivity (Wildman–Crippen MR) is 105 cm³/mol. The van der Waals surface area contributed by atoms with Crippen LogP contribution in [0, 0.1) is 11.6 Å².